The second-order valence-electron chi connectivity index (χ2n) is 6.38. The molecule has 0 saturated carbocycles. The summed E-state index contributed by atoms with van der Waals surface area (Å²) < 4.78 is 51.6. The maximum absolute atomic E-state index is 12.1. The molecule has 6 nitrogen and oxygen atoms in total. The van der Waals surface area contributed by atoms with Gasteiger partial charge in [0.1, 0.15) is 18.1 Å². The molecule has 0 amide bonds. The average Bonchev–Trinajstić information content (AvgIpc) is 2.74. The quantitative estimate of drug-likeness (QED) is 0.276. The molecule has 0 heterocycles. The lowest BCUT2D eigenvalue weighted by Gasteiger charge is -2.15. The molecule has 0 aromatic heterocycles. The SMILES string of the molecule is CN=C(NCc1ccc(COCC(F)(F)F)cc1)NCc1ccc(OC)cc1OC.I. The van der Waals surface area contributed by atoms with Gasteiger partial charge in [-0.25, -0.2) is 0 Å². The summed E-state index contributed by atoms with van der Waals surface area (Å²) in [4.78, 5) is 4.19. The van der Waals surface area contributed by atoms with E-state index in [0.717, 1.165) is 11.1 Å². The van der Waals surface area contributed by atoms with Gasteiger partial charge in [-0.05, 0) is 23.3 Å². The molecule has 0 aliphatic carbocycles. The van der Waals surface area contributed by atoms with Crippen molar-refractivity contribution in [2.75, 3.05) is 27.9 Å². The Morgan fingerprint density at radius 2 is 1.58 bits per heavy atom. The summed E-state index contributed by atoms with van der Waals surface area (Å²) in [5.41, 5.74) is 2.58. The van der Waals surface area contributed by atoms with E-state index in [4.69, 9.17) is 9.47 Å². The Bertz CT molecular complexity index is 831. The maximum atomic E-state index is 12.1. The first-order valence-electron chi connectivity index (χ1n) is 9.22. The Morgan fingerprint density at radius 3 is 2.16 bits per heavy atom. The second kappa shape index (κ2) is 13.3. The zero-order valence-corrected chi connectivity index (χ0v) is 19.9. The van der Waals surface area contributed by atoms with Crippen LogP contribution in [0.5, 0.6) is 11.5 Å². The number of aliphatic imine (C=N–C) groups is 1. The van der Waals surface area contributed by atoms with Gasteiger partial charge in [-0.1, -0.05) is 24.3 Å². The van der Waals surface area contributed by atoms with E-state index in [-0.39, 0.29) is 30.6 Å². The van der Waals surface area contributed by atoms with Gasteiger partial charge in [-0.2, -0.15) is 13.2 Å². The standard InChI is InChI=1S/C21H26F3N3O3.HI/c1-25-20(27-12-17-8-9-18(28-2)10-19(17)29-3)26-11-15-4-6-16(7-5-15)13-30-14-21(22,23)24;/h4-10H,11-14H2,1-3H3,(H2,25,26,27);1H. The Hall–Kier alpha value is -2.21. The molecular formula is C21H27F3IN3O3. The smallest absolute Gasteiger partial charge is 0.411 e. The molecule has 0 fully saturated rings. The summed E-state index contributed by atoms with van der Waals surface area (Å²) in [5.74, 6) is 2.02. The van der Waals surface area contributed by atoms with Crippen molar-refractivity contribution in [3.63, 3.8) is 0 Å². The van der Waals surface area contributed by atoms with Gasteiger partial charge in [0.2, 0.25) is 0 Å². The van der Waals surface area contributed by atoms with E-state index in [1.807, 2.05) is 30.3 Å². The van der Waals surface area contributed by atoms with Gasteiger partial charge in [0.25, 0.3) is 0 Å². The van der Waals surface area contributed by atoms with Crippen LogP contribution in [-0.4, -0.2) is 40.0 Å². The van der Waals surface area contributed by atoms with Crippen LogP contribution in [0.15, 0.2) is 47.5 Å². The predicted octanol–water partition coefficient (Wildman–Crippen LogP) is 4.27. The van der Waals surface area contributed by atoms with E-state index in [1.54, 1.807) is 33.4 Å². The Morgan fingerprint density at radius 1 is 0.935 bits per heavy atom. The highest BCUT2D eigenvalue weighted by Gasteiger charge is 2.27. The van der Waals surface area contributed by atoms with Crippen molar-refractivity contribution in [3.05, 3.63) is 59.2 Å². The molecular weight excluding hydrogens is 526 g/mol. The van der Waals surface area contributed by atoms with E-state index < -0.39 is 12.8 Å². The fourth-order valence-electron chi connectivity index (χ4n) is 2.62. The molecule has 0 atom stereocenters. The third kappa shape index (κ3) is 9.64. The number of methoxy groups -OCH3 is 2. The molecule has 0 bridgehead atoms. The number of nitrogens with zero attached hydrogens (tertiary/aromatic N) is 1. The highest BCUT2D eigenvalue weighted by molar-refractivity contribution is 14.0. The van der Waals surface area contributed by atoms with E-state index in [9.17, 15) is 13.2 Å². The lowest BCUT2D eigenvalue weighted by Crippen LogP contribution is -2.36. The third-order valence-corrected chi connectivity index (χ3v) is 4.18. The third-order valence-electron chi connectivity index (χ3n) is 4.18. The van der Waals surface area contributed by atoms with Crippen LogP contribution >= 0.6 is 24.0 Å². The topological polar surface area (TPSA) is 64.1 Å². The lowest BCUT2D eigenvalue weighted by molar-refractivity contribution is -0.176. The van der Waals surface area contributed by atoms with Gasteiger partial charge in [0.05, 0.1) is 20.8 Å². The summed E-state index contributed by atoms with van der Waals surface area (Å²) in [7, 11) is 4.87. The Labute approximate surface area is 197 Å². The van der Waals surface area contributed by atoms with Crippen LogP contribution in [0.3, 0.4) is 0 Å². The zero-order valence-electron chi connectivity index (χ0n) is 17.6. The first-order chi connectivity index (χ1) is 14.3. The molecule has 2 aromatic rings. The fraction of sp³-hybridized carbons (Fsp3) is 0.381. The van der Waals surface area contributed by atoms with Gasteiger partial charge < -0.3 is 24.8 Å². The van der Waals surface area contributed by atoms with Gasteiger partial charge in [-0.15, -0.1) is 24.0 Å². The summed E-state index contributed by atoms with van der Waals surface area (Å²) in [5, 5.41) is 6.40. The molecule has 172 valence electrons. The maximum Gasteiger partial charge on any atom is 0.411 e. The van der Waals surface area contributed by atoms with Gasteiger partial charge >= 0.3 is 6.18 Å². The molecule has 0 spiro atoms. The molecule has 2 aromatic carbocycles. The Kier molecular flexibility index (Phi) is 11.5. The number of ether oxygens (including phenoxy) is 3. The van der Waals surface area contributed by atoms with Crippen molar-refractivity contribution in [1.82, 2.24) is 10.6 Å². The first-order valence-corrected chi connectivity index (χ1v) is 9.22. The molecule has 0 radical (unpaired) electrons. The van der Waals surface area contributed by atoms with Crippen LogP contribution in [0.2, 0.25) is 0 Å². The number of alkyl halides is 3. The summed E-state index contributed by atoms with van der Waals surface area (Å²) >= 11 is 0. The van der Waals surface area contributed by atoms with Crippen molar-refractivity contribution in [3.8, 4) is 11.5 Å². The van der Waals surface area contributed by atoms with Crippen molar-refractivity contribution >= 4 is 29.9 Å². The van der Waals surface area contributed by atoms with Crippen LogP contribution in [-0.2, 0) is 24.4 Å². The number of rotatable bonds is 9. The van der Waals surface area contributed by atoms with Crippen LogP contribution in [0.1, 0.15) is 16.7 Å². The zero-order chi connectivity index (χ0) is 22.0. The number of halogens is 4. The summed E-state index contributed by atoms with van der Waals surface area (Å²) in [6, 6.07) is 12.7. The Balaban J connectivity index is 0.00000480. The molecule has 2 rings (SSSR count). The minimum absolute atomic E-state index is 0. The summed E-state index contributed by atoms with van der Waals surface area (Å²) in [6.07, 6.45) is -4.32. The number of hydrogen-bond acceptors (Lipinski definition) is 4. The average molecular weight is 553 g/mol. The van der Waals surface area contributed by atoms with Gasteiger partial charge in [0, 0.05) is 31.8 Å². The molecule has 2 N–H and O–H groups in total. The highest BCUT2D eigenvalue weighted by atomic mass is 127. The molecule has 31 heavy (non-hydrogen) atoms. The van der Waals surface area contributed by atoms with E-state index in [1.165, 1.54) is 0 Å². The molecule has 0 aliphatic rings. The number of hydrogen-bond donors (Lipinski definition) is 2. The normalized spacial score (nSPS) is 11.5. The van der Waals surface area contributed by atoms with Crippen molar-refractivity contribution in [2.45, 2.75) is 25.9 Å². The van der Waals surface area contributed by atoms with Crippen molar-refractivity contribution < 1.29 is 27.4 Å². The molecule has 0 unspecified atom stereocenters. The van der Waals surface area contributed by atoms with Crippen LogP contribution in [0, 0.1) is 0 Å². The largest absolute Gasteiger partial charge is 0.497 e. The van der Waals surface area contributed by atoms with Crippen LogP contribution in [0.4, 0.5) is 13.2 Å². The van der Waals surface area contributed by atoms with Crippen molar-refractivity contribution in [2.24, 2.45) is 4.99 Å². The minimum Gasteiger partial charge on any atom is -0.497 e. The van der Waals surface area contributed by atoms with Crippen LogP contribution < -0.4 is 20.1 Å². The fourth-order valence-corrected chi connectivity index (χ4v) is 2.62. The highest BCUT2D eigenvalue weighted by Crippen LogP contribution is 2.24. The second-order valence-corrected chi connectivity index (χ2v) is 6.38. The number of nitrogens with one attached hydrogen (secondary N) is 2. The van der Waals surface area contributed by atoms with E-state index in [2.05, 4.69) is 20.4 Å². The monoisotopic (exact) mass is 553 g/mol. The van der Waals surface area contributed by atoms with Crippen molar-refractivity contribution in [1.29, 1.82) is 0 Å². The minimum atomic E-state index is -4.32. The van der Waals surface area contributed by atoms with Gasteiger partial charge in [0.15, 0.2) is 5.96 Å². The van der Waals surface area contributed by atoms with E-state index >= 15 is 0 Å². The predicted molar refractivity (Wildman–Crippen MR) is 124 cm³/mol. The lowest BCUT2D eigenvalue weighted by atomic mass is 10.1. The summed E-state index contributed by atoms with van der Waals surface area (Å²) in [6.45, 7) is -0.331. The van der Waals surface area contributed by atoms with Crippen LogP contribution in [0.25, 0.3) is 0 Å². The molecule has 0 saturated heterocycles. The first kappa shape index (κ1) is 26.8. The van der Waals surface area contributed by atoms with Gasteiger partial charge in [-0.3, -0.25) is 4.99 Å². The molecule has 10 heteroatoms. The number of benzene rings is 2. The molecule has 0 aliphatic heterocycles. The number of guanidine groups is 1. The van der Waals surface area contributed by atoms with E-state index in [0.29, 0.717) is 36.1 Å².